The van der Waals surface area contributed by atoms with Gasteiger partial charge in [0.05, 0.1) is 32.5 Å². The molecule has 0 radical (unpaired) electrons. The molecule has 0 heterocycles. The number of ether oxygens (including phenoxy) is 2. The van der Waals surface area contributed by atoms with E-state index in [1.165, 1.54) is 12.8 Å². The van der Waals surface area contributed by atoms with Crippen LogP contribution in [0.4, 0.5) is 0 Å². The van der Waals surface area contributed by atoms with E-state index in [1.54, 1.807) is 0 Å². The first-order valence-corrected chi connectivity index (χ1v) is 3.73. The van der Waals surface area contributed by atoms with Crippen molar-refractivity contribution in [3.05, 3.63) is 0 Å². The summed E-state index contributed by atoms with van der Waals surface area (Å²) in [4.78, 5) is 0. The van der Waals surface area contributed by atoms with E-state index >= 15 is 0 Å². The zero-order valence-electron chi connectivity index (χ0n) is 6.08. The topological polar surface area (TPSA) is 38.7 Å². The fourth-order valence-electron chi connectivity index (χ4n) is 0.675. The average Bonchev–Trinajstić information content (AvgIpc) is 2.71. The molecule has 0 aromatic rings. The van der Waals surface area contributed by atoms with Crippen LogP contribution in [0.2, 0.25) is 0 Å². The lowest BCUT2D eigenvalue weighted by Crippen LogP contribution is -2.07. The van der Waals surface area contributed by atoms with Gasteiger partial charge in [-0.2, -0.15) is 0 Å². The van der Waals surface area contributed by atoms with Crippen LogP contribution in [0.25, 0.3) is 0 Å². The van der Waals surface area contributed by atoms with Crippen molar-refractivity contribution in [3.63, 3.8) is 0 Å². The van der Waals surface area contributed by atoms with E-state index in [2.05, 4.69) is 0 Å². The summed E-state index contributed by atoms with van der Waals surface area (Å²) in [6.07, 6.45) is 2.93. The molecule has 0 unspecified atom stereocenters. The quantitative estimate of drug-likeness (QED) is 0.543. The molecule has 3 nitrogen and oxygen atoms in total. The molecule has 0 amide bonds. The standard InChI is InChI=1S/C7H14O3/c8-3-4-9-5-6-10-7-1-2-7/h7-8H,1-6H2. The van der Waals surface area contributed by atoms with Gasteiger partial charge in [-0.1, -0.05) is 0 Å². The number of aliphatic hydroxyl groups is 1. The second-order valence-electron chi connectivity index (χ2n) is 2.41. The molecule has 60 valence electrons. The van der Waals surface area contributed by atoms with Gasteiger partial charge >= 0.3 is 0 Å². The Hall–Kier alpha value is -0.120. The molecule has 0 aliphatic heterocycles. The highest BCUT2D eigenvalue weighted by Gasteiger charge is 2.21. The molecule has 0 spiro atoms. The zero-order chi connectivity index (χ0) is 7.23. The van der Waals surface area contributed by atoms with E-state index in [9.17, 15) is 0 Å². The van der Waals surface area contributed by atoms with Crippen molar-refractivity contribution >= 4 is 0 Å². The molecule has 10 heavy (non-hydrogen) atoms. The summed E-state index contributed by atoms with van der Waals surface area (Å²) in [5, 5.41) is 8.32. The van der Waals surface area contributed by atoms with Crippen molar-refractivity contribution in [2.45, 2.75) is 18.9 Å². The van der Waals surface area contributed by atoms with Crippen LogP contribution in [0.15, 0.2) is 0 Å². The number of hydrogen-bond donors (Lipinski definition) is 1. The van der Waals surface area contributed by atoms with Gasteiger partial charge in [-0.3, -0.25) is 0 Å². The summed E-state index contributed by atoms with van der Waals surface area (Å²) in [5.74, 6) is 0. The second-order valence-corrected chi connectivity index (χ2v) is 2.41. The maximum atomic E-state index is 8.32. The van der Waals surface area contributed by atoms with E-state index in [4.69, 9.17) is 14.6 Å². The minimum atomic E-state index is 0.101. The minimum absolute atomic E-state index is 0.101. The van der Waals surface area contributed by atoms with Crippen LogP contribution in [0.1, 0.15) is 12.8 Å². The highest BCUT2D eigenvalue weighted by molar-refractivity contribution is 4.72. The average molecular weight is 146 g/mol. The third-order valence-corrected chi connectivity index (χ3v) is 1.34. The molecular formula is C7H14O3. The molecule has 1 saturated carbocycles. The molecule has 1 aliphatic carbocycles. The van der Waals surface area contributed by atoms with Gasteiger partial charge in [0.2, 0.25) is 0 Å². The highest BCUT2D eigenvalue weighted by atomic mass is 16.5. The van der Waals surface area contributed by atoms with Gasteiger partial charge < -0.3 is 14.6 Å². The van der Waals surface area contributed by atoms with Gasteiger partial charge in [0.15, 0.2) is 0 Å². The fraction of sp³-hybridized carbons (Fsp3) is 1.00. The zero-order valence-corrected chi connectivity index (χ0v) is 6.08. The number of aliphatic hydroxyl groups excluding tert-OH is 1. The molecule has 1 aliphatic rings. The third-order valence-electron chi connectivity index (χ3n) is 1.34. The van der Waals surface area contributed by atoms with Gasteiger partial charge in [0.1, 0.15) is 0 Å². The summed E-state index contributed by atoms with van der Waals surface area (Å²) >= 11 is 0. The number of hydrogen-bond acceptors (Lipinski definition) is 3. The van der Waals surface area contributed by atoms with Crippen molar-refractivity contribution in [3.8, 4) is 0 Å². The Bertz CT molecular complexity index is 80.9. The van der Waals surface area contributed by atoms with Crippen LogP contribution in [-0.2, 0) is 9.47 Å². The predicted molar refractivity (Wildman–Crippen MR) is 36.9 cm³/mol. The normalized spacial score (nSPS) is 17.7. The van der Waals surface area contributed by atoms with Crippen LogP contribution in [0, 0.1) is 0 Å². The molecule has 1 N–H and O–H groups in total. The molecule has 0 bridgehead atoms. The molecule has 0 saturated heterocycles. The Morgan fingerprint density at radius 2 is 2.00 bits per heavy atom. The van der Waals surface area contributed by atoms with Crippen LogP contribution < -0.4 is 0 Å². The van der Waals surface area contributed by atoms with E-state index in [0.29, 0.717) is 25.9 Å². The Balaban J connectivity index is 1.68. The molecule has 0 aromatic carbocycles. The molecular weight excluding hydrogens is 132 g/mol. The molecule has 1 rings (SSSR count). The molecule has 1 fully saturated rings. The van der Waals surface area contributed by atoms with E-state index < -0.39 is 0 Å². The van der Waals surface area contributed by atoms with Gasteiger partial charge in [-0.25, -0.2) is 0 Å². The maximum absolute atomic E-state index is 8.32. The van der Waals surface area contributed by atoms with Crippen LogP contribution in [-0.4, -0.2) is 37.6 Å². The summed E-state index contributed by atoms with van der Waals surface area (Å²) in [7, 11) is 0. The largest absolute Gasteiger partial charge is 0.394 e. The Morgan fingerprint density at radius 1 is 1.20 bits per heavy atom. The molecule has 0 atom stereocenters. The van der Waals surface area contributed by atoms with Crippen LogP contribution >= 0.6 is 0 Å². The smallest absolute Gasteiger partial charge is 0.0704 e. The lowest BCUT2D eigenvalue weighted by molar-refractivity contribution is 0.0272. The number of rotatable bonds is 6. The first kappa shape index (κ1) is 7.98. The van der Waals surface area contributed by atoms with E-state index in [0.717, 1.165) is 0 Å². The van der Waals surface area contributed by atoms with Crippen LogP contribution in [0.3, 0.4) is 0 Å². The lowest BCUT2D eigenvalue weighted by atomic mass is 10.7. The summed E-state index contributed by atoms with van der Waals surface area (Å²) in [6.45, 7) is 1.80. The summed E-state index contributed by atoms with van der Waals surface area (Å²) in [6, 6.07) is 0. The summed E-state index contributed by atoms with van der Waals surface area (Å²) < 4.78 is 10.3. The van der Waals surface area contributed by atoms with E-state index in [1.807, 2.05) is 0 Å². The Labute approximate surface area is 60.9 Å². The van der Waals surface area contributed by atoms with Gasteiger partial charge in [-0.05, 0) is 12.8 Å². The maximum Gasteiger partial charge on any atom is 0.0704 e. The first-order chi connectivity index (χ1) is 4.93. The Kier molecular flexibility index (Phi) is 3.72. The van der Waals surface area contributed by atoms with Crippen LogP contribution in [0.5, 0.6) is 0 Å². The Morgan fingerprint density at radius 3 is 2.60 bits per heavy atom. The highest BCUT2D eigenvalue weighted by Crippen LogP contribution is 2.22. The second kappa shape index (κ2) is 4.66. The summed E-state index contributed by atoms with van der Waals surface area (Å²) in [5.41, 5.74) is 0. The lowest BCUT2D eigenvalue weighted by Gasteiger charge is -2.01. The molecule has 3 heteroatoms. The van der Waals surface area contributed by atoms with Crippen molar-refractivity contribution in [2.75, 3.05) is 26.4 Å². The van der Waals surface area contributed by atoms with E-state index in [-0.39, 0.29) is 6.61 Å². The minimum Gasteiger partial charge on any atom is -0.394 e. The monoisotopic (exact) mass is 146 g/mol. The van der Waals surface area contributed by atoms with Crippen molar-refractivity contribution in [2.24, 2.45) is 0 Å². The van der Waals surface area contributed by atoms with Gasteiger partial charge in [-0.15, -0.1) is 0 Å². The third kappa shape index (κ3) is 3.82. The van der Waals surface area contributed by atoms with Crippen molar-refractivity contribution in [1.29, 1.82) is 0 Å². The molecule has 0 aromatic heterocycles. The first-order valence-electron chi connectivity index (χ1n) is 3.73. The van der Waals surface area contributed by atoms with Gasteiger partial charge in [0, 0.05) is 0 Å². The SMILES string of the molecule is OCCOCCOC1CC1. The predicted octanol–water partition coefficient (Wildman–Crippen LogP) is 0.174. The van der Waals surface area contributed by atoms with Crippen molar-refractivity contribution in [1.82, 2.24) is 0 Å². The fourth-order valence-corrected chi connectivity index (χ4v) is 0.675. The van der Waals surface area contributed by atoms with Crippen molar-refractivity contribution < 1.29 is 14.6 Å². The van der Waals surface area contributed by atoms with Gasteiger partial charge in [0.25, 0.3) is 0 Å².